The lowest BCUT2D eigenvalue weighted by Crippen LogP contribution is -2.25. The number of halogens is 1. The van der Waals surface area contributed by atoms with Gasteiger partial charge >= 0.3 is 5.97 Å². The molecule has 0 unspecified atom stereocenters. The number of thiazole rings is 1. The van der Waals surface area contributed by atoms with Crippen molar-refractivity contribution in [2.75, 3.05) is 18.6 Å². The number of hydrogen-bond acceptors (Lipinski definition) is 5. The summed E-state index contributed by atoms with van der Waals surface area (Å²) in [7, 11) is 1.59. The van der Waals surface area contributed by atoms with E-state index in [2.05, 4.69) is 13.8 Å². The van der Waals surface area contributed by atoms with Gasteiger partial charge in [0, 0.05) is 23.5 Å². The van der Waals surface area contributed by atoms with Gasteiger partial charge in [-0.05, 0) is 36.1 Å². The summed E-state index contributed by atoms with van der Waals surface area (Å²) in [5, 5.41) is 10.6. The van der Waals surface area contributed by atoms with E-state index in [9.17, 15) is 9.90 Å². The van der Waals surface area contributed by atoms with Gasteiger partial charge in [-0.25, -0.2) is 4.98 Å². The molecule has 5 nitrogen and oxygen atoms in total. The Bertz CT molecular complexity index is 1020. The molecule has 1 aromatic heterocycles. The van der Waals surface area contributed by atoms with Gasteiger partial charge in [0.2, 0.25) is 0 Å². The molecular weight excluding hydrogens is 432 g/mol. The SMILES string of the molecule is COc1ccc(-c2nc(N(CCC(=O)O)Cc3ccccc3)sc2CC(C)C)cc1Cl. The molecule has 7 heteroatoms. The Kier molecular flexibility index (Phi) is 7.93. The van der Waals surface area contributed by atoms with Crippen molar-refractivity contribution in [3.63, 3.8) is 0 Å². The zero-order valence-corrected chi connectivity index (χ0v) is 19.5. The van der Waals surface area contributed by atoms with Gasteiger partial charge in [0.25, 0.3) is 0 Å². The van der Waals surface area contributed by atoms with E-state index in [4.69, 9.17) is 21.3 Å². The van der Waals surface area contributed by atoms with Crippen LogP contribution in [0, 0.1) is 5.92 Å². The highest BCUT2D eigenvalue weighted by molar-refractivity contribution is 7.16. The lowest BCUT2D eigenvalue weighted by Gasteiger charge is -2.21. The third-order valence-corrected chi connectivity index (χ3v) is 6.22. The lowest BCUT2D eigenvalue weighted by atomic mass is 10.0. The highest BCUT2D eigenvalue weighted by Gasteiger charge is 2.20. The molecular formula is C24H27ClN2O3S. The summed E-state index contributed by atoms with van der Waals surface area (Å²) in [5.41, 5.74) is 2.94. The van der Waals surface area contributed by atoms with E-state index < -0.39 is 5.97 Å². The maximum Gasteiger partial charge on any atom is 0.305 e. The van der Waals surface area contributed by atoms with E-state index in [0.29, 0.717) is 29.8 Å². The first kappa shape index (κ1) is 23.1. The maximum atomic E-state index is 11.3. The van der Waals surface area contributed by atoms with Crippen LogP contribution < -0.4 is 9.64 Å². The summed E-state index contributed by atoms with van der Waals surface area (Å²) in [6, 6.07) is 15.7. The third kappa shape index (κ3) is 6.21. The fourth-order valence-electron chi connectivity index (χ4n) is 3.30. The molecule has 2 aromatic carbocycles. The number of aromatic nitrogens is 1. The van der Waals surface area contributed by atoms with E-state index in [1.807, 2.05) is 53.4 Å². The number of methoxy groups -OCH3 is 1. The number of anilines is 1. The van der Waals surface area contributed by atoms with Crippen LogP contribution in [0.3, 0.4) is 0 Å². The van der Waals surface area contributed by atoms with Gasteiger partial charge in [0.1, 0.15) is 5.75 Å². The van der Waals surface area contributed by atoms with Gasteiger partial charge in [-0.3, -0.25) is 4.79 Å². The van der Waals surface area contributed by atoms with Crippen molar-refractivity contribution in [3.8, 4) is 17.0 Å². The molecule has 0 aliphatic carbocycles. The van der Waals surface area contributed by atoms with E-state index in [0.717, 1.165) is 28.4 Å². The number of carbonyl (C=O) groups is 1. The zero-order valence-electron chi connectivity index (χ0n) is 18.0. The van der Waals surface area contributed by atoms with Crippen molar-refractivity contribution in [1.82, 2.24) is 4.98 Å². The second kappa shape index (κ2) is 10.6. The Morgan fingerprint density at radius 1 is 1.23 bits per heavy atom. The number of rotatable bonds is 10. The van der Waals surface area contributed by atoms with Crippen LogP contribution in [0.4, 0.5) is 5.13 Å². The summed E-state index contributed by atoms with van der Waals surface area (Å²) in [6.45, 7) is 5.35. The Morgan fingerprint density at radius 2 is 1.97 bits per heavy atom. The number of benzene rings is 2. The highest BCUT2D eigenvalue weighted by atomic mass is 35.5. The van der Waals surface area contributed by atoms with Gasteiger partial charge in [-0.15, -0.1) is 11.3 Å². The van der Waals surface area contributed by atoms with Crippen LogP contribution in [0.1, 0.15) is 30.7 Å². The first-order chi connectivity index (χ1) is 14.9. The molecule has 0 saturated carbocycles. The van der Waals surface area contributed by atoms with E-state index in [1.54, 1.807) is 18.4 Å². The van der Waals surface area contributed by atoms with Crippen LogP contribution in [0.25, 0.3) is 11.3 Å². The molecule has 0 fully saturated rings. The standard InChI is InChI=1S/C24H27ClN2O3S/c1-16(2)13-21-23(18-9-10-20(30-3)19(25)14-18)26-24(31-21)27(12-11-22(28)29)15-17-7-5-4-6-8-17/h4-10,14,16H,11-13,15H2,1-3H3,(H,28,29). The Morgan fingerprint density at radius 3 is 2.58 bits per heavy atom. The zero-order chi connectivity index (χ0) is 22.4. The number of aliphatic carboxylic acids is 1. The molecule has 0 aliphatic rings. The number of carboxylic acids is 1. The van der Waals surface area contributed by atoms with Crippen molar-refractivity contribution in [2.45, 2.75) is 33.2 Å². The van der Waals surface area contributed by atoms with Crippen LogP contribution in [-0.2, 0) is 17.8 Å². The van der Waals surface area contributed by atoms with Gasteiger partial charge in [-0.2, -0.15) is 0 Å². The molecule has 3 aromatic rings. The van der Waals surface area contributed by atoms with Crippen molar-refractivity contribution in [2.24, 2.45) is 5.92 Å². The minimum Gasteiger partial charge on any atom is -0.495 e. The van der Waals surface area contributed by atoms with Crippen molar-refractivity contribution in [1.29, 1.82) is 0 Å². The minimum atomic E-state index is -0.820. The second-order valence-corrected chi connectivity index (χ2v) is 9.24. The molecule has 0 bridgehead atoms. The van der Waals surface area contributed by atoms with Gasteiger partial charge in [0.05, 0.1) is 24.2 Å². The molecule has 31 heavy (non-hydrogen) atoms. The Hall–Kier alpha value is -2.57. The lowest BCUT2D eigenvalue weighted by molar-refractivity contribution is -0.136. The third-order valence-electron chi connectivity index (χ3n) is 4.79. The quantitative estimate of drug-likeness (QED) is 0.394. The number of ether oxygens (including phenoxy) is 1. The summed E-state index contributed by atoms with van der Waals surface area (Å²) in [4.78, 5) is 19.4. The molecule has 0 aliphatic heterocycles. The predicted octanol–water partition coefficient (Wildman–Crippen LogP) is 6.15. The normalized spacial score (nSPS) is 11.0. The first-order valence-corrected chi connectivity index (χ1v) is 11.4. The summed E-state index contributed by atoms with van der Waals surface area (Å²) in [6.07, 6.45) is 0.935. The van der Waals surface area contributed by atoms with Crippen LogP contribution in [0.15, 0.2) is 48.5 Å². The molecule has 0 radical (unpaired) electrons. The minimum absolute atomic E-state index is 0.0512. The van der Waals surface area contributed by atoms with Crippen LogP contribution in [0.2, 0.25) is 5.02 Å². The van der Waals surface area contributed by atoms with E-state index in [1.165, 1.54) is 4.88 Å². The first-order valence-electron chi connectivity index (χ1n) is 10.2. The number of hydrogen-bond donors (Lipinski definition) is 1. The fourth-order valence-corrected chi connectivity index (χ4v) is 4.88. The highest BCUT2D eigenvalue weighted by Crippen LogP contribution is 2.38. The molecule has 164 valence electrons. The smallest absolute Gasteiger partial charge is 0.305 e. The average Bonchev–Trinajstić information content (AvgIpc) is 3.14. The maximum absolute atomic E-state index is 11.3. The molecule has 0 amide bonds. The summed E-state index contributed by atoms with van der Waals surface area (Å²) in [5.74, 6) is 0.264. The van der Waals surface area contributed by atoms with Crippen LogP contribution >= 0.6 is 22.9 Å². The Labute approximate surface area is 192 Å². The Balaban J connectivity index is 2.00. The van der Waals surface area contributed by atoms with Crippen LogP contribution in [-0.4, -0.2) is 29.7 Å². The molecule has 1 heterocycles. The molecule has 0 atom stereocenters. The second-order valence-electron chi connectivity index (χ2n) is 7.77. The van der Waals surface area contributed by atoms with Crippen molar-refractivity contribution >= 4 is 34.0 Å². The molecule has 0 saturated heterocycles. The van der Waals surface area contributed by atoms with E-state index in [-0.39, 0.29) is 6.42 Å². The van der Waals surface area contributed by atoms with E-state index >= 15 is 0 Å². The number of carboxylic acid groups (broad SMARTS) is 1. The largest absolute Gasteiger partial charge is 0.495 e. The molecule has 1 N–H and O–H groups in total. The van der Waals surface area contributed by atoms with Crippen LogP contribution in [0.5, 0.6) is 5.75 Å². The van der Waals surface area contributed by atoms with Gasteiger partial charge in [0.15, 0.2) is 5.13 Å². The summed E-state index contributed by atoms with van der Waals surface area (Å²) >= 11 is 8.00. The van der Waals surface area contributed by atoms with Gasteiger partial charge < -0.3 is 14.7 Å². The van der Waals surface area contributed by atoms with Crippen molar-refractivity contribution in [3.05, 3.63) is 64.0 Å². The topological polar surface area (TPSA) is 62.7 Å². The summed E-state index contributed by atoms with van der Waals surface area (Å²) < 4.78 is 5.28. The molecule has 3 rings (SSSR count). The average molecular weight is 459 g/mol. The monoisotopic (exact) mass is 458 g/mol. The number of nitrogens with zero attached hydrogens (tertiary/aromatic N) is 2. The fraction of sp³-hybridized carbons (Fsp3) is 0.333. The molecule has 0 spiro atoms. The van der Waals surface area contributed by atoms with Gasteiger partial charge in [-0.1, -0.05) is 55.8 Å². The predicted molar refractivity (Wildman–Crippen MR) is 127 cm³/mol. The van der Waals surface area contributed by atoms with Crippen molar-refractivity contribution < 1.29 is 14.6 Å².